The summed E-state index contributed by atoms with van der Waals surface area (Å²) in [4.78, 5) is 23.9. The Labute approximate surface area is 125 Å². The van der Waals surface area contributed by atoms with Crippen LogP contribution in [0.25, 0.3) is 0 Å². The molecule has 0 radical (unpaired) electrons. The van der Waals surface area contributed by atoms with Gasteiger partial charge in [0.1, 0.15) is 0 Å². The van der Waals surface area contributed by atoms with Crippen molar-refractivity contribution in [1.82, 2.24) is 5.32 Å². The van der Waals surface area contributed by atoms with Crippen molar-refractivity contribution in [2.24, 2.45) is 0 Å². The van der Waals surface area contributed by atoms with Gasteiger partial charge in [0.05, 0.1) is 19.6 Å². The number of amides is 1. The molecule has 21 heavy (non-hydrogen) atoms. The first-order chi connectivity index (χ1) is 10.2. The van der Waals surface area contributed by atoms with Crippen molar-refractivity contribution in [2.45, 2.75) is 38.1 Å². The molecule has 0 aromatic heterocycles. The minimum atomic E-state index is -0.353. The van der Waals surface area contributed by atoms with Gasteiger partial charge in [-0.1, -0.05) is 36.4 Å². The third-order valence-corrected chi connectivity index (χ3v) is 3.69. The largest absolute Gasteiger partial charge is 0.469 e. The molecule has 1 N–H and O–H groups in total. The Kier molecular flexibility index (Phi) is 5.55. The van der Waals surface area contributed by atoms with Gasteiger partial charge < -0.3 is 10.1 Å². The lowest BCUT2D eigenvalue weighted by atomic mass is 9.97. The van der Waals surface area contributed by atoms with Crippen LogP contribution in [0.15, 0.2) is 42.0 Å². The van der Waals surface area contributed by atoms with Crippen LogP contribution in [0.2, 0.25) is 0 Å². The summed E-state index contributed by atoms with van der Waals surface area (Å²) in [6, 6.07) is 9.15. The van der Waals surface area contributed by atoms with E-state index in [0.29, 0.717) is 0 Å². The van der Waals surface area contributed by atoms with Crippen LogP contribution in [0.3, 0.4) is 0 Å². The third kappa shape index (κ3) is 4.45. The van der Waals surface area contributed by atoms with Crippen LogP contribution < -0.4 is 5.32 Å². The number of hydrogen-bond acceptors (Lipinski definition) is 3. The standard InChI is InChI=1S/C17H21NO3/c1-21-16(19)12-15(13-8-4-2-5-9-13)18-17(20)14-10-6-3-7-11-14/h2,4-5,8-10,15H,3,6-7,11-12H2,1H3,(H,18,20). The van der Waals surface area contributed by atoms with Gasteiger partial charge in [0.2, 0.25) is 5.91 Å². The number of benzene rings is 1. The fourth-order valence-corrected chi connectivity index (χ4v) is 2.48. The Morgan fingerprint density at radius 2 is 2.00 bits per heavy atom. The number of carbonyl (C=O) groups excluding carboxylic acids is 2. The highest BCUT2D eigenvalue weighted by Crippen LogP contribution is 2.21. The van der Waals surface area contributed by atoms with Gasteiger partial charge in [0.25, 0.3) is 0 Å². The Balaban J connectivity index is 2.10. The van der Waals surface area contributed by atoms with Crippen molar-refractivity contribution < 1.29 is 14.3 Å². The number of ether oxygens (including phenoxy) is 1. The van der Waals surface area contributed by atoms with Crippen molar-refractivity contribution >= 4 is 11.9 Å². The van der Waals surface area contributed by atoms with Crippen LogP contribution in [0, 0.1) is 0 Å². The number of esters is 1. The second-order valence-corrected chi connectivity index (χ2v) is 5.19. The first kappa shape index (κ1) is 15.3. The van der Waals surface area contributed by atoms with Gasteiger partial charge in [-0.15, -0.1) is 0 Å². The van der Waals surface area contributed by atoms with Gasteiger partial charge in [-0.05, 0) is 31.2 Å². The monoisotopic (exact) mass is 287 g/mol. The molecule has 0 saturated heterocycles. The Hall–Kier alpha value is -2.10. The minimum Gasteiger partial charge on any atom is -0.469 e. The molecule has 2 rings (SSSR count). The average molecular weight is 287 g/mol. The van der Waals surface area contributed by atoms with Gasteiger partial charge >= 0.3 is 5.97 Å². The molecule has 4 nitrogen and oxygen atoms in total. The summed E-state index contributed by atoms with van der Waals surface area (Å²) in [6.45, 7) is 0. The average Bonchev–Trinajstić information content (AvgIpc) is 2.55. The molecule has 1 amide bonds. The fraction of sp³-hybridized carbons (Fsp3) is 0.412. The zero-order valence-electron chi connectivity index (χ0n) is 12.3. The quantitative estimate of drug-likeness (QED) is 0.847. The van der Waals surface area contributed by atoms with E-state index in [1.165, 1.54) is 7.11 Å². The molecule has 112 valence electrons. The molecule has 0 saturated carbocycles. The van der Waals surface area contributed by atoms with Gasteiger partial charge in [-0.3, -0.25) is 9.59 Å². The van der Waals surface area contributed by atoms with Crippen molar-refractivity contribution in [3.05, 3.63) is 47.5 Å². The Bertz CT molecular complexity index is 522. The van der Waals surface area contributed by atoms with E-state index in [0.717, 1.165) is 36.8 Å². The maximum atomic E-state index is 12.3. The summed E-state index contributed by atoms with van der Waals surface area (Å²) in [5, 5.41) is 2.96. The van der Waals surface area contributed by atoms with E-state index in [4.69, 9.17) is 4.74 Å². The molecular weight excluding hydrogens is 266 g/mol. The fourth-order valence-electron chi connectivity index (χ4n) is 2.48. The summed E-state index contributed by atoms with van der Waals surface area (Å²) < 4.78 is 4.72. The minimum absolute atomic E-state index is 0.0764. The maximum Gasteiger partial charge on any atom is 0.307 e. The van der Waals surface area contributed by atoms with Crippen molar-refractivity contribution in [3.63, 3.8) is 0 Å². The smallest absolute Gasteiger partial charge is 0.307 e. The van der Waals surface area contributed by atoms with E-state index in [9.17, 15) is 9.59 Å². The summed E-state index contributed by atoms with van der Waals surface area (Å²) in [5.41, 5.74) is 1.74. The highest BCUT2D eigenvalue weighted by molar-refractivity contribution is 5.94. The normalized spacial score (nSPS) is 15.8. The van der Waals surface area contributed by atoms with Crippen LogP contribution in [0.5, 0.6) is 0 Å². The Morgan fingerprint density at radius 1 is 1.24 bits per heavy atom. The predicted molar refractivity (Wildman–Crippen MR) is 80.5 cm³/mol. The summed E-state index contributed by atoms with van der Waals surface area (Å²) in [6.07, 6.45) is 6.09. The molecule has 0 fully saturated rings. The lowest BCUT2D eigenvalue weighted by Crippen LogP contribution is -2.32. The number of rotatable bonds is 5. The van der Waals surface area contributed by atoms with Crippen molar-refractivity contribution in [1.29, 1.82) is 0 Å². The van der Waals surface area contributed by atoms with E-state index in [2.05, 4.69) is 5.32 Å². The van der Waals surface area contributed by atoms with Crippen LogP contribution in [-0.2, 0) is 14.3 Å². The number of allylic oxidation sites excluding steroid dienone is 1. The zero-order chi connectivity index (χ0) is 15.1. The molecule has 1 atom stereocenters. The molecule has 1 aromatic rings. The molecule has 4 heteroatoms. The third-order valence-electron chi connectivity index (χ3n) is 3.69. The van der Waals surface area contributed by atoms with Crippen LogP contribution >= 0.6 is 0 Å². The number of hydrogen-bond donors (Lipinski definition) is 1. The molecular formula is C17H21NO3. The second kappa shape index (κ2) is 7.62. The van der Waals surface area contributed by atoms with Gasteiger partial charge in [-0.2, -0.15) is 0 Å². The van der Waals surface area contributed by atoms with Crippen LogP contribution in [-0.4, -0.2) is 19.0 Å². The van der Waals surface area contributed by atoms with Crippen LogP contribution in [0.1, 0.15) is 43.7 Å². The van der Waals surface area contributed by atoms with E-state index >= 15 is 0 Å². The van der Waals surface area contributed by atoms with Gasteiger partial charge in [0, 0.05) is 5.57 Å². The topological polar surface area (TPSA) is 55.4 Å². The van der Waals surface area contributed by atoms with E-state index in [1.807, 2.05) is 36.4 Å². The zero-order valence-corrected chi connectivity index (χ0v) is 12.3. The molecule has 1 aliphatic carbocycles. The molecule has 0 aliphatic heterocycles. The predicted octanol–water partition coefficient (Wildman–Crippen LogP) is 2.91. The molecule has 1 aliphatic rings. The van der Waals surface area contributed by atoms with E-state index < -0.39 is 0 Å². The van der Waals surface area contributed by atoms with Gasteiger partial charge in [-0.25, -0.2) is 0 Å². The lowest BCUT2D eigenvalue weighted by Gasteiger charge is -2.20. The number of methoxy groups -OCH3 is 1. The summed E-state index contributed by atoms with van der Waals surface area (Å²) >= 11 is 0. The van der Waals surface area contributed by atoms with E-state index in [1.54, 1.807) is 0 Å². The SMILES string of the molecule is COC(=O)CC(NC(=O)C1=CCCCC1)c1ccccc1. The molecule has 1 unspecified atom stereocenters. The lowest BCUT2D eigenvalue weighted by molar-refractivity contribution is -0.141. The second-order valence-electron chi connectivity index (χ2n) is 5.19. The van der Waals surface area contributed by atoms with Gasteiger partial charge in [0.15, 0.2) is 0 Å². The molecule has 0 bridgehead atoms. The van der Waals surface area contributed by atoms with Crippen molar-refractivity contribution in [2.75, 3.05) is 7.11 Å². The molecule has 1 aromatic carbocycles. The maximum absolute atomic E-state index is 12.3. The number of carbonyl (C=O) groups is 2. The van der Waals surface area contributed by atoms with E-state index in [-0.39, 0.29) is 24.3 Å². The molecule has 0 heterocycles. The first-order valence-electron chi connectivity index (χ1n) is 7.32. The summed E-state index contributed by atoms with van der Waals surface area (Å²) in [7, 11) is 1.36. The summed E-state index contributed by atoms with van der Waals surface area (Å²) in [5.74, 6) is -0.408. The first-order valence-corrected chi connectivity index (χ1v) is 7.32. The van der Waals surface area contributed by atoms with Crippen LogP contribution in [0.4, 0.5) is 0 Å². The highest BCUT2D eigenvalue weighted by Gasteiger charge is 2.21. The number of nitrogens with one attached hydrogen (secondary N) is 1. The highest BCUT2D eigenvalue weighted by atomic mass is 16.5. The molecule has 0 spiro atoms. The van der Waals surface area contributed by atoms with Crippen molar-refractivity contribution in [3.8, 4) is 0 Å². The Morgan fingerprint density at radius 3 is 2.62 bits per heavy atom.